The van der Waals surface area contributed by atoms with Crippen LogP contribution >= 0.6 is 24.0 Å². The van der Waals surface area contributed by atoms with Crippen LogP contribution in [0.15, 0.2) is 59.6 Å². The van der Waals surface area contributed by atoms with Crippen LogP contribution in [0.4, 0.5) is 0 Å². The average Bonchev–Trinajstić information content (AvgIpc) is 3.24. The molecule has 0 amide bonds. The maximum atomic E-state index is 5.93. The van der Waals surface area contributed by atoms with Crippen molar-refractivity contribution in [3.05, 3.63) is 65.7 Å². The van der Waals surface area contributed by atoms with Crippen molar-refractivity contribution in [2.75, 3.05) is 39.9 Å². The molecule has 1 N–H and O–H groups in total. The SMILES string of the molecule is CN=C(NCCCCOc1ccc(C)cc1)N1CCC(COCc2ccccc2)C1.I. The lowest BCUT2D eigenvalue weighted by molar-refractivity contribution is 0.0907. The van der Waals surface area contributed by atoms with Gasteiger partial charge in [0.1, 0.15) is 5.75 Å². The molecule has 0 aliphatic carbocycles. The molecule has 1 saturated heterocycles. The minimum Gasteiger partial charge on any atom is -0.494 e. The first-order chi connectivity index (χ1) is 14.7. The summed E-state index contributed by atoms with van der Waals surface area (Å²) in [5.41, 5.74) is 2.49. The highest BCUT2D eigenvalue weighted by Crippen LogP contribution is 2.17. The second kappa shape index (κ2) is 14.3. The quantitative estimate of drug-likeness (QED) is 0.203. The second-order valence-corrected chi connectivity index (χ2v) is 7.94. The fourth-order valence-electron chi connectivity index (χ4n) is 3.66. The summed E-state index contributed by atoms with van der Waals surface area (Å²) in [6.45, 7) is 7.28. The lowest BCUT2D eigenvalue weighted by atomic mass is 10.1. The Morgan fingerprint density at radius 3 is 2.61 bits per heavy atom. The standard InChI is InChI=1S/C25H35N3O2.HI/c1-21-10-12-24(13-11-21)30-17-7-6-15-27-25(26-2)28-16-14-23(18-28)20-29-19-22-8-4-3-5-9-22;/h3-5,8-13,23H,6-7,14-20H2,1-2H3,(H,26,27);1H. The summed E-state index contributed by atoms with van der Waals surface area (Å²) in [7, 11) is 1.86. The monoisotopic (exact) mass is 537 g/mol. The van der Waals surface area contributed by atoms with Crippen molar-refractivity contribution in [2.45, 2.75) is 32.8 Å². The first kappa shape index (κ1) is 25.5. The number of aryl methyl sites for hydroxylation is 1. The van der Waals surface area contributed by atoms with Crippen LogP contribution in [0.3, 0.4) is 0 Å². The van der Waals surface area contributed by atoms with Gasteiger partial charge in [0, 0.05) is 32.6 Å². The Hall–Kier alpha value is -1.80. The molecule has 1 fully saturated rings. The van der Waals surface area contributed by atoms with Gasteiger partial charge in [0.25, 0.3) is 0 Å². The molecule has 1 heterocycles. The van der Waals surface area contributed by atoms with Gasteiger partial charge in [0.15, 0.2) is 5.96 Å². The predicted molar refractivity (Wildman–Crippen MR) is 138 cm³/mol. The lowest BCUT2D eigenvalue weighted by Gasteiger charge is -2.21. The van der Waals surface area contributed by atoms with Gasteiger partial charge >= 0.3 is 0 Å². The molecule has 170 valence electrons. The number of halogens is 1. The van der Waals surface area contributed by atoms with Crippen LogP contribution < -0.4 is 10.1 Å². The van der Waals surface area contributed by atoms with Gasteiger partial charge in [0.2, 0.25) is 0 Å². The molecule has 0 spiro atoms. The molecule has 0 bridgehead atoms. The molecule has 6 heteroatoms. The van der Waals surface area contributed by atoms with Crippen LogP contribution in [0.2, 0.25) is 0 Å². The van der Waals surface area contributed by atoms with Gasteiger partial charge in [-0.3, -0.25) is 4.99 Å². The van der Waals surface area contributed by atoms with E-state index in [2.05, 4.69) is 58.5 Å². The average molecular weight is 537 g/mol. The van der Waals surface area contributed by atoms with Gasteiger partial charge in [-0.2, -0.15) is 0 Å². The molecule has 0 radical (unpaired) electrons. The van der Waals surface area contributed by atoms with E-state index >= 15 is 0 Å². The van der Waals surface area contributed by atoms with Gasteiger partial charge in [-0.05, 0) is 43.9 Å². The number of aliphatic imine (C=N–C) groups is 1. The predicted octanol–water partition coefficient (Wildman–Crippen LogP) is 4.89. The summed E-state index contributed by atoms with van der Waals surface area (Å²) in [6, 6.07) is 18.6. The van der Waals surface area contributed by atoms with Crippen molar-refractivity contribution < 1.29 is 9.47 Å². The Morgan fingerprint density at radius 2 is 1.87 bits per heavy atom. The van der Waals surface area contributed by atoms with Crippen molar-refractivity contribution in [3.8, 4) is 5.75 Å². The number of nitrogens with one attached hydrogen (secondary N) is 1. The number of nitrogens with zero attached hydrogens (tertiary/aromatic N) is 2. The summed E-state index contributed by atoms with van der Waals surface area (Å²) in [4.78, 5) is 6.81. The third-order valence-corrected chi connectivity index (χ3v) is 5.41. The highest BCUT2D eigenvalue weighted by atomic mass is 127. The number of guanidine groups is 1. The highest BCUT2D eigenvalue weighted by Gasteiger charge is 2.24. The number of ether oxygens (including phenoxy) is 2. The Bertz CT molecular complexity index is 768. The van der Waals surface area contributed by atoms with E-state index < -0.39 is 0 Å². The minimum atomic E-state index is 0. The zero-order valence-corrected chi connectivity index (χ0v) is 21.1. The Morgan fingerprint density at radius 1 is 1.10 bits per heavy atom. The molecular formula is C25H36IN3O2. The molecule has 1 aliphatic heterocycles. The third kappa shape index (κ3) is 9.07. The molecule has 3 rings (SSSR count). The van der Waals surface area contributed by atoms with Gasteiger partial charge < -0.3 is 19.7 Å². The fourth-order valence-corrected chi connectivity index (χ4v) is 3.66. The topological polar surface area (TPSA) is 46.1 Å². The number of hydrogen-bond donors (Lipinski definition) is 1. The zero-order valence-electron chi connectivity index (χ0n) is 18.8. The summed E-state index contributed by atoms with van der Waals surface area (Å²) in [5, 5.41) is 3.50. The van der Waals surface area contributed by atoms with E-state index in [0.29, 0.717) is 12.5 Å². The number of likely N-dealkylation sites (tertiary alicyclic amines) is 1. The Balaban J connectivity index is 0.00000341. The van der Waals surface area contributed by atoms with Crippen LogP contribution in [0.5, 0.6) is 5.75 Å². The van der Waals surface area contributed by atoms with E-state index in [1.165, 1.54) is 11.1 Å². The lowest BCUT2D eigenvalue weighted by Crippen LogP contribution is -2.40. The number of benzene rings is 2. The third-order valence-electron chi connectivity index (χ3n) is 5.41. The van der Waals surface area contributed by atoms with E-state index in [-0.39, 0.29) is 24.0 Å². The first-order valence-electron chi connectivity index (χ1n) is 11.0. The summed E-state index contributed by atoms with van der Waals surface area (Å²) in [5.74, 6) is 2.51. The van der Waals surface area contributed by atoms with Crippen LogP contribution in [0.25, 0.3) is 0 Å². The van der Waals surface area contributed by atoms with Crippen molar-refractivity contribution >= 4 is 29.9 Å². The number of unbranched alkanes of at least 4 members (excludes halogenated alkanes) is 1. The Kier molecular flexibility index (Phi) is 11.7. The maximum Gasteiger partial charge on any atom is 0.193 e. The van der Waals surface area contributed by atoms with E-state index in [9.17, 15) is 0 Å². The summed E-state index contributed by atoms with van der Waals surface area (Å²) >= 11 is 0. The van der Waals surface area contributed by atoms with Crippen LogP contribution in [-0.2, 0) is 11.3 Å². The van der Waals surface area contributed by atoms with Crippen molar-refractivity contribution in [1.29, 1.82) is 0 Å². The van der Waals surface area contributed by atoms with Crippen molar-refractivity contribution in [2.24, 2.45) is 10.9 Å². The molecule has 5 nitrogen and oxygen atoms in total. The molecular weight excluding hydrogens is 501 g/mol. The molecule has 2 aromatic rings. The Labute approximate surface area is 204 Å². The smallest absolute Gasteiger partial charge is 0.193 e. The van der Waals surface area contributed by atoms with E-state index in [1.54, 1.807) is 0 Å². The first-order valence-corrected chi connectivity index (χ1v) is 11.0. The van der Waals surface area contributed by atoms with Crippen molar-refractivity contribution in [1.82, 2.24) is 10.2 Å². The maximum absolute atomic E-state index is 5.93. The van der Waals surface area contributed by atoms with E-state index in [0.717, 1.165) is 63.8 Å². The summed E-state index contributed by atoms with van der Waals surface area (Å²) < 4.78 is 11.7. The largest absolute Gasteiger partial charge is 0.494 e. The molecule has 2 aromatic carbocycles. The normalized spacial score (nSPS) is 16.1. The second-order valence-electron chi connectivity index (χ2n) is 7.94. The van der Waals surface area contributed by atoms with Crippen molar-refractivity contribution in [3.63, 3.8) is 0 Å². The molecule has 1 atom stereocenters. The van der Waals surface area contributed by atoms with E-state index in [4.69, 9.17) is 9.47 Å². The van der Waals surface area contributed by atoms with Crippen LogP contribution in [0, 0.1) is 12.8 Å². The van der Waals surface area contributed by atoms with E-state index in [1.807, 2.05) is 25.2 Å². The van der Waals surface area contributed by atoms with Gasteiger partial charge in [-0.15, -0.1) is 24.0 Å². The highest BCUT2D eigenvalue weighted by molar-refractivity contribution is 14.0. The number of hydrogen-bond acceptors (Lipinski definition) is 3. The van der Waals surface area contributed by atoms with Gasteiger partial charge in [-0.25, -0.2) is 0 Å². The summed E-state index contributed by atoms with van der Waals surface area (Å²) in [6.07, 6.45) is 3.23. The fraction of sp³-hybridized carbons (Fsp3) is 0.480. The van der Waals surface area contributed by atoms with Crippen LogP contribution in [-0.4, -0.2) is 50.8 Å². The molecule has 31 heavy (non-hydrogen) atoms. The molecule has 0 saturated carbocycles. The molecule has 1 aliphatic rings. The molecule has 0 aromatic heterocycles. The number of rotatable bonds is 10. The zero-order chi connectivity index (χ0) is 21.0. The molecule has 1 unspecified atom stereocenters. The minimum absolute atomic E-state index is 0. The van der Waals surface area contributed by atoms with Crippen LogP contribution in [0.1, 0.15) is 30.4 Å². The van der Waals surface area contributed by atoms with Gasteiger partial charge in [0.05, 0.1) is 19.8 Å². The van der Waals surface area contributed by atoms with Gasteiger partial charge in [-0.1, -0.05) is 48.0 Å².